The van der Waals surface area contributed by atoms with Crippen LogP contribution in [-0.4, -0.2) is 25.7 Å². The maximum Gasteiger partial charge on any atom is 0.122 e. The summed E-state index contributed by atoms with van der Waals surface area (Å²) in [5.41, 5.74) is 7.56. The molecule has 3 unspecified atom stereocenters. The second-order valence-electron chi connectivity index (χ2n) is 5.14. The van der Waals surface area contributed by atoms with Crippen LogP contribution < -0.4 is 15.8 Å². The molecule has 0 aromatic heterocycles. The van der Waals surface area contributed by atoms with Crippen LogP contribution in [0.25, 0.3) is 0 Å². The first-order chi connectivity index (χ1) is 8.76. The average molecular weight is 248 g/mol. The summed E-state index contributed by atoms with van der Waals surface area (Å²) in [7, 11) is 1.73. The zero-order chi connectivity index (χ0) is 13.0. The summed E-state index contributed by atoms with van der Waals surface area (Å²) in [6.07, 6.45) is 3.39. The molecular formula is C15H24N2O. The third kappa shape index (κ3) is 2.85. The van der Waals surface area contributed by atoms with Gasteiger partial charge in [-0.05, 0) is 24.5 Å². The van der Waals surface area contributed by atoms with E-state index in [0.717, 1.165) is 18.7 Å². The number of methoxy groups -OCH3 is 1. The molecule has 1 saturated heterocycles. The first-order valence-corrected chi connectivity index (χ1v) is 6.88. The Balaban J connectivity index is 2.07. The van der Waals surface area contributed by atoms with Crippen molar-refractivity contribution >= 4 is 0 Å². The van der Waals surface area contributed by atoms with E-state index in [9.17, 15) is 0 Å². The van der Waals surface area contributed by atoms with Gasteiger partial charge in [-0.3, -0.25) is 0 Å². The molecule has 3 heteroatoms. The maximum absolute atomic E-state index is 6.28. The van der Waals surface area contributed by atoms with E-state index in [1.807, 2.05) is 12.1 Å². The summed E-state index contributed by atoms with van der Waals surface area (Å²) in [5.74, 6) is 1.44. The Bertz CT molecular complexity index is 381. The molecule has 18 heavy (non-hydrogen) atoms. The van der Waals surface area contributed by atoms with Crippen molar-refractivity contribution in [1.82, 2.24) is 5.32 Å². The Morgan fingerprint density at radius 2 is 2.17 bits per heavy atom. The Kier molecular flexibility index (Phi) is 4.61. The maximum atomic E-state index is 6.28. The second-order valence-corrected chi connectivity index (χ2v) is 5.14. The molecule has 1 heterocycles. The summed E-state index contributed by atoms with van der Waals surface area (Å²) < 4.78 is 5.44. The van der Waals surface area contributed by atoms with Gasteiger partial charge < -0.3 is 15.8 Å². The van der Waals surface area contributed by atoms with Gasteiger partial charge in [0, 0.05) is 24.5 Å². The number of nitrogens with one attached hydrogen (secondary N) is 1. The van der Waals surface area contributed by atoms with Crippen molar-refractivity contribution in [3.05, 3.63) is 29.8 Å². The number of benzene rings is 1. The molecule has 3 N–H and O–H groups in total. The second kappa shape index (κ2) is 6.21. The molecule has 100 valence electrons. The van der Waals surface area contributed by atoms with Crippen molar-refractivity contribution in [3.63, 3.8) is 0 Å². The van der Waals surface area contributed by atoms with Gasteiger partial charge in [0.2, 0.25) is 0 Å². The third-order valence-electron chi connectivity index (χ3n) is 3.88. The van der Waals surface area contributed by atoms with Crippen molar-refractivity contribution in [3.8, 4) is 5.75 Å². The van der Waals surface area contributed by atoms with E-state index in [-0.39, 0.29) is 6.04 Å². The number of ether oxygens (including phenoxy) is 1. The standard InChI is InChI=1S/C15H24N2O/c1-3-6-14-13(16)9-11(10-17-14)12-7-4-5-8-15(12)18-2/h4-5,7-8,11,13-14,17H,3,6,9-10,16H2,1-2H3. The van der Waals surface area contributed by atoms with Gasteiger partial charge in [-0.25, -0.2) is 0 Å². The molecule has 3 nitrogen and oxygen atoms in total. The highest BCUT2D eigenvalue weighted by molar-refractivity contribution is 5.37. The Labute approximate surface area is 110 Å². The first-order valence-electron chi connectivity index (χ1n) is 6.88. The van der Waals surface area contributed by atoms with Crippen molar-refractivity contribution in [2.24, 2.45) is 5.73 Å². The van der Waals surface area contributed by atoms with Crippen LogP contribution in [0.5, 0.6) is 5.75 Å². The highest BCUT2D eigenvalue weighted by Crippen LogP contribution is 2.32. The van der Waals surface area contributed by atoms with Gasteiger partial charge in [0.25, 0.3) is 0 Å². The largest absolute Gasteiger partial charge is 0.496 e. The van der Waals surface area contributed by atoms with Crippen LogP contribution in [0, 0.1) is 0 Å². The third-order valence-corrected chi connectivity index (χ3v) is 3.88. The highest BCUT2D eigenvalue weighted by atomic mass is 16.5. The number of hydrogen-bond donors (Lipinski definition) is 2. The minimum absolute atomic E-state index is 0.244. The van der Waals surface area contributed by atoms with Crippen LogP contribution in [-0.2, 0) is 0 Å². The summed E-state index contributed by atoms with van der Waals surface area (Å²) in [6.45, 7) is 3.21. The lowest BCUT2D eigenvalue weighted by molar-refractivity contribution is 0.300. The van der Waals surface area contributed by atoms with E-state index in [1.54, 1.807) is 7.11 Å². The molecule has 0 saturated carbocycles. The number of rotatable bonds is 4. The number of para-hydroxylation sites is 1. The van der Waals surface area contributed by atoms with Crippen molar-refractivity contribution in [2.75, 3.05) is 13.7 Å². The van der Waals surface area contributed by atoms with Crippen LogP contribution >= 0.6 is 0 Å². The predicted octanol–water partition coefficient (Wildman–Crippen LogP) is 2.27. The van der Waals surface area contributed by atoms with E-state index in [2.05, 4.69) is 24.4 Å². The molecule has 0 bridgehead atoms. The van der Waals surface area contributed by atoms with Crippen molar-refractivity contribution in [2.45, 2.75) is 44.2 Å². The van der Waals surface area contributed by atoms with Gasteiger partial charge in [0.15, 0.2) is 0 Å². The van der Waals surface area contributed by atoms with Crippen LogP contribution in [0.2, 0.25) is 0 Å². The molecule has 0 amide bonds. The fourth-order valence-corrected chi connectivity index (χ4v) is 2.89. The molecule has 3 atom stereocenters. The minimum Gasteiger partial charge on any atom is -0.496 e. The van der Waals surface area contributed by atoms with E-state index < -0.39 is 0 Å². The first kappa shape index (κ1) is 13.4. The summed E-state index contributed by atoms with van der Waals surface area (Å²) >= 11 is 0. The van der Waals surface area contributed by atoms with E-state index in [1.165, 1.54) is 18.4 Å². The van der Waals surface area contributed by atoms with E-state index in [4.69, 9.17) is 10.5 Å². The van der Waals surface area contributed by atoms with Gasteiger partial charge in [-0.2, -0.15) is 0 Å². The molecule has 0 aliphatic carbocycles. The minimum atomic E-state index is 0.244. The number of piperidine rings is 1. The van der Waals surface area contributed by atoms with Crippen LogP contribution in [0.15, 0.2) is 24.3 Å². The van der Waals surface area contributed by atoms with Crippen LogP contribution in [0.3, 0.4) is 0 Å². The van der Waals surface area contributed by atoms with Gasteiger partial charge in [0.05, 0.1) is 7.11 Å². The average Bonchev–Trinajstić information content (AvgIpc) is 2.41. The lowest BCUT2D eigenvalue weighted by Gasteiger charge is -2.35. The van der Waals surface area contributed by atoms with Crippen molar-refractivity contribution < 1.29 is 4.74 Å². The molecule has 1 aliphatic heterocycles. The van der Waals surface area contributed by atoms with Gasteiger partial charge in [-0.15, -0.1) is 0 Å². The lowest BCUT2D eigenvalue weighted by Crippen LogP contribution is -2.51. The molecular weight excluding hydrogens is 224 g/mol. The molecule has 1 aliphatic rings. The smallest absolute Gasteiger partial charge is 0.122 e. The fourth-order valence-electron chi connectivity index (χ4n) is 2.89. The van der Waals surface area contributed by atoms with E-state index in [0.29, 0.717) is 12.0 Å². The Morgan fingerprint density at radius 1 is 1.39 bits per heavy atom. The monoisotopic (exact) mass is 248 g/mol. The predicted molar refractivity (Wildman–Crippen MR) is 75.0 cm³/mol. The number of nitrogens with two attached hydrogens (primary N) is 1. The van der Waals surface area contributed by atoms with Crippen molar-refractivity contribution in [1.29, 1.82) is 0 Å². The zero-order valence-electron chi connectivity index (χ0n) is 11.4. The lowest BCUT2D eigenvalue weighted by atomic mass is 9.84. The normalized spacial score (nSPS) is 28.1. The molecule has 1 aromatic carbocycles. The SMILES string of the molecule is CCCC1NCC(c2ccccc2OC)CC1N. The molecule has 2 rings (SSSR count). The summed E-state index contributed by atoms with van der Waals surface area (Å²) in [6, 6.07) is 8.98. The van der Waals surface area contributed by atoms with Gasteiger partial charge >= 0.3 is 0 Å². The molecule has 1 aromatic rings. The van der Waals surface area contributed by atoms with Crippen LogP contribution in [0.4, 0.5) is 0 Å². The highest BCUT2D eigenvalue weighted by Gasteiger charge is 2.28. The fraction of sp³-hybridized carbons (Fsp3) is 0.600. The van der Waals surface area contributed by atoms with E-state index >= 15 is 0 Å². The topological polar surface area (TPSA) is 47.3 Å². The Morgan fingerprint density at radius 3 is 2.83 bits per heavy atom. The summed E-state index contributed by atoms with van der Waals surface area (Å²) in [4.78, 5) is 0. The number of hydrogen-bond acceptors (Lipinski definition) is 3. The van der Waals surface area contributed by atoms with Gasteiger partial charge in [-0.1, -0.05) is 31.5 Å². The zero-order valence-corrected chi connectivity index (χ0v) is 11.4. The molecule has 0 spiro atoms. The Hall–Kier alpha value is -1.06. The van der Waals surface area contributed by atoms with Crippen LogP contribution in [0.1, 0.15) is 37.7 Å². The molecule has 0 radical (unpaired) electrons. The van der Waals surface area contributed by atoms with Gasteiger partial charge in [0.1, 0.15) is 5.75 Å². The quantitative estimate of drug-likeness (QED) is 0.859. The summed E-state index contributed by atoms with van der Waals surface area (Å²) in [5, 5.41) is 3.59. The molecule has 1 fully saturated rings.